The van der Waals surface area contributed by atoms with E-state index in [4.69, 9.17) is 12.2 Å². The van der Waals surface area contributed by atoms with Crippen LogP contribution in [0, 0.1) is 24.1 Å². The lowest BCUT2D eigenvalue weighted by molar-refractivity contribution is -0.122. The highest BCUT2D eigenvalue weighted by molar-refractivity contribution is 8.26. The molecule has 204 valence electrons. The number of thioether (sulfide) groups is 1. The number of nitriles is 1. The quantitative estimate of drug-likeness (QED) is 0.306. The van der Waals surface area contributed by atoms with E-state index in [1.807, 2.05) is 37.3 Å². The van der Waals surface area contributed by atoms with Gasteiger partial charge in [-0.15, -0.1) is 0 Å². The van der Waals surface area contributed by atoms with Crippen molar-refractivity contribution in [3.8, 4) is 6.07 Å². The Morgan fingerprint density at radius 2 is 1.68 bits per heavy atom. The molecule has 0 aliphatic carbocycles. The number of aromatic nitrogens is 1. The van der Waals surface area contributed by atoms with Crippen LogP contribution in [-0.4, -0.2) is 45.9 Å². The van der Waals surface area contributed by atoms with Gasteiger partial charge in [-0.3, -0.25) is 19.1 Å². The van der Waals surface area contributed by atoms with Gasteiger partial charge in [-0.1, -0.05) is 54.3 Å². The molecule has 3 aromatic rings. The molecule has 40 heavy (non-hydrogen) atoms. The number of amides is 1. The molecule has 2 aliphatic heterocycles. The molecule has 10 heteroatoms. The van der Waals surface area contributed by atoms with E-state index in [9.17, 15) is 19.2 Å². The Morgan fingerprint density at radius 3 is 2.30 bits per heavy atom. The first kappa shape index (κ1) is 27.6. The second kappa shape index (κ2) is 11.7. The molecule has 0 N–H and O–H groups in total. The van der Waals surface area contributed by atoms with Gasteiger partial charge in [-0.2, -0.15) is 5.26 Å². The summed E-state index contributed by atoms with van der Waals surface area (Å²) in [6, 6.07) is 18.2. The topological polar surface area (TPSA) is 72.6 Å². The number of thiocarbonyl (C=S) groups is 1. The normalized spacial score (nSPS) is 16.6. The Morgan fingerprint density at radius 1 is 1.02 bits per heavy atom. The highest BCUT2D eigenvalue weighted by Gasteiger charge is 2.33. The zero-order valence-corrected chi connectivity index (χ0v) is 23.9. The number of halogens is 1. The molecule has 1 amide bonds. The summed E-state index contributed by atoms with van der Waals surface area (Å²) in [6.45, 7) is 6.93. The maximum absolute atomic E-state index is 13.5. The molecular weight excluding hydrogens is 545 g/mol. The van der Waals surface area contributed by atoms with Gasteiger partial charge in [0.1, 0.15) is 27.6 Å². The van der Waals surface area contributed by atoms with Crippen LogP contribution in [0.5, 0.6) is 0 Å². The van der Waals surface area contributed by atoms with Crippen molar-refractivity contribution >= 4 is 51.8 Å². The molecule has 3 heterocycles. The average molecular weight is 574 g/mol. The summed E-state index contributed by atoms with van der Waals surface area (Å²) in [5.41, 5.74) is 2.86. The maximum atomic E-state index is 13.5. The smallest absolute Gasteiger partial charge is 0.270 e. The van der Waals surface area contributed by atoms with Gasteiger partial charge in [0.25, 0.3) is 11.5 Å². The number of piperazine rings is 1. The summed E-state index contributed by atoms with van der Waals surface area (Å²) in [5.74, 6) is 0.218. The summed E-state index contributed by atoms with van der Waals surface area (Å²) in [4.78, 5) is 33.2. The standard InChI is InChI=1S/C30H28FN5O2S2/c1-3-35-27(34-15-13-33(14-16-34)23-11-9-22(31)10-12-23)24(20(2)25(18-32)28(35)37)17-26-29(38)36(30(39)40-26)19-21-7-5-4-6-8-21/h4-12,17H,3,13-16,19H2,1-2H3. The van der Waals surface area contributed by atoms with E-state index in [0.29, 0.717) is 65.4 Å². The zero-order chi connectivity index (χ0) is 28.4. The number of anilines is 2. The van der Waals surface area contributed by atoms with E-state index >= 15 is 0 Å². The van der Waals surface area contributed by atoms with Crippen LogP contribution in [-0.2, 0) is 17.9 Å². The number of carbonyl (C=O) groups excluding carboxylic acids is 1. The van der Waals surface area contributed by atoms with Crippen LogP contribution in [0.2, 0.25) is 0 Å². The van der Waals surface area contributed by atoms with Crippen molar-refractivity contribution in [2.45, 2.75) is 26.9 Å². The second-order valence-corrected chi connectivity index (χ2v) is 11.3. The first-order valence-corrected chi connectivity index (χ1v) is 14.3. The Hall–Kier alpha value is -3.94. The van der Waals surface area contributed by atoms with Crippen molar-refractivity contribution < 1.29 is 9.18 Å². The molecule has 0 unspecified atom stereocenters. The molecule has 0 saturated carbocycles. The van der Waals surface area contributed by atoms with E-state index in [1.54, 1.807) is 34.6 Å². The van der Waals surface area contributed by atoms with Crippen LogP contribution < -0.4 is 15.4 Å². The lowest BCUT2D eigenvalue weighted by Gasteiger charge is -2.39. The minimum atomic E-state index is -0.341. The van der Waals surface area contributed by atoms with Crippen LogP contribution in [0.1, 0.15) is 29.2 Å². The van der Waals surface area contributed by atoms with Gasteiger partial charge >= 0.3 is 0 Å². The Labute approximate surface area is 242 Å². The fourth-order valence-corrected chi connectivity index (χ4v) is 6.38. The predicted molar refractivity (Wildman–Crippen MR) is 162 cm³/mol. The molecule has 0 atom stereocenters. The first-order valence-electron chi connectivity index (χ1n) is 13.0. The van der Waals surface area contributed by atoms with E-state index in [2.05, 4.69) is 15.9 Å². The summed E-state index contributed by atoms with van der Waals surface area (Å²) in [7, 11) is 0. The lowest BCUT2D eigenvalue weighted by atomic mass is 10.0. The van der Waals surface area contributed by atoms with Gasteiger partial charge in [-0.25, -0.2) is 4.39 Å². The minimum Gasteiger partial charge on any atom is -0.368 e. The zero-order valence-electron chi connectivity index (χ0n) is 22.3. The van der Waals surface area contributed by atoms with Crippen molar-refractivity contribution in [1.82, 2.24) is 9.47 Å². The van der Waals surface area contributed by atoms with E-state index < -0.39 is 0 Å². The van der Waals surface area contributed by atoms with Crippen molar-refractivity contribution in [3.63, 3.8) is 0 Å². The third-order valence-corrected chi connectivity index (χ3v) is 8.64. The third-order valence-electron chi connectivity index (χ3n) is 7.27. The monoisotopic (exact) mass is 573 g/mol. The molecular formula is C30H28FN5O2S2. The molecule has 0 spiro atoms. The van der Waals surface area contributed by atoms with Crippen LogP contribution in [0.4, 0.5) is 15.9 Å². The second-order valence-electron chi connectivity index (χ2n) is 9.60. The van der Waals surface area contributed by atoms with Crippen LogP contribution in [0.3, 0.4) is 0 Å². The van der Waals surface area contributed by atoms with Gasteiger partial charge in [0.15, 0.2) is 0 Å². The number of benzene rings is 2. The molecule has 0 bridgehead atoms. The van der Waals surface area contributed by atoms with Crippen LogP contribution in [0.25, 0.3) is 6.08 Å². The van der Waals surface area contributed by atoms with Gasteiger partial charge in [0, 0.05) is 44.0 Å². The molecule has 2 fully saturated rings. The Kier molecular flexibility index (Phi) is 8.05. The Bertz CT molecular complexity index is 1590. The number of nitrogens with zero attached hydrogens (tertiary/aromatic N) is 5. The molecule has 2 aliphatic rings. The van der Waals surface area contributed by atoms with Crippen molar-refractivity contribution in [2.24, 2.45) is 0 Å². The number of hydrogen-bond acceptors (Lipinski definition) is 7. The average Bonchev–Trinajstić information content (AvgIpc) is 3.23. The largest absolute Gasteiger partial charge is 0.368 e. The highest BCUT2D eigenvalue weighted by Crippen LogP contribution is 2.37. The SMILES string of the molecule is CCn1c(N2CCN(c3ccc(F)cc3)CC2)c(C=C2SC(=S)N(Cc3ccccc3)C2=O)c(C)c(C#N)c1=O. The summed E-state index contributed by atoms with van der Waals surface area (Å²) in [5, 5.41) is 9.85. The first-order chi connectivity index (χ1) is 19.3. The third kappa shape index (κ3) is 5.27. The van der Waals surface area contributed by atoms with Gasteiger partial charge in [0.2, 0.25) is 0 Å². The number of pyridine rings is 1. The van der Waals surface area contributed by atoms with Crippen LogP contribution in [0.15, 0.2) is 64.3 Å². The highest BCUT2D eigenvalue weighted by atomic mass is 32.2. The molecule has 2 aromatic carbocycles. The number of rotatable bonds is 6. The van der Waals surface area contributed by atoms with Crippen LogP contribution >= 0.6 is 24.0 Å². The van der Waals surface area contributed by atoms with E-state index in [-0.39, 0.29) is 22.8 Å². The van der Waals surface area contributed by atoms with Gasteiger partial charge in [-0.05, 0) is 55.3 Å². The predicted octanol–water partition coefficient (Wildman–Crippen LogP) is 4.92. The van der Waals surface area contributed by atoms with Crippen molar-refractivity contribution in [2.75, 3.05) is 36.0 Å². The Balaban J connectivity index is 1.51. The summed E-state index contributed by atoms with van der Waals surface area (Å²) >= 11 is 6.80. The summed E-state index contributed by atoms with van der Waals surface area (Å²) in [6.07, 6.45) is 1.79. The van der Waals surface area contributed by atoms with E-state index in [1.165, 1.54) is 23.9 Å². The number of hydrogen-bond donors (Lipinski definition) is 0. The molecule has 0 radical (unpaired) electrons. The van der Waals surface area contributed by atoms with Gasteiger partial charge < -0.3 is 9.80 Å². The summed E-state index contributed by atoms with van der Waals surface area (Å²) < 4.78 is 15.5. The molecule has 5 rings (SSSR count). The van der Waals surface area contributed by atoms with E-state index in [0.717, 1.165) is 11.3 Å². The fraction of sp³-hybridized carbons (Fsp3) is 0.267. The maximum Gasteiger partial charge on any atom is 0.270 e. The molecule has 2 saturated heterocycles. The number of carbonyl (C=O) groups is 1. The lowest BCUT2D eigenvalue weighted by Crippen LogP contribution is -2.48. The molecule has 7 nitrogen and oxygen atoms in total. The molecule has 1 aromatic heterocycles. The minimum absolute atomic E-state index is 0.0709. The van der Waals surface area contributed by atoms with Crippen molar-refractivity contribution in [3.05, 3.63) is 97.9 Å². The van der Waals surface area contributed by atoms with Crippen molar-refractivity contribution in [1.29, 1.82) is 5.26 Å². The van der Waals surface area contributed by atoms with Gasteiger partial charge in [0.05, 0.1) is 11.4 Å². The fourth-order valence-electron chi connectivity index (χ4n) is 5.14.